The summed E-state index contributed by atoms with van der Waals surface area (Å²) in [5.41, 5.74) is -6.25. The third kappa shape index (κ3) is 2.38. The molecular weight excluding hydrogens is 289 g/mol. The molecule has 10 heteroatoms. The van der Waals surface area contributed by atoms with Crippen molar-refractivity contribution in [3.8, 4) is 5.88 Å². The first-order valence-corrected chi connectivity index (χ1v) is 6.11. The Bertz CT molecular complexity index is 782. The number of rotatable bonds is 2. The summed E-state index contributed by atoms with van der Waals surface area (Å²) in [4.78, 5) is 11.3. The van der Waals surface area contributed by atoms with Gasteiger partial charge in [-0.05, 0) is 12.1 Å². The maximum Gasteiger partial charge on any atom is 0.534 e. The molecule has 102 valence electrons. The summed E-state index contributed by atoms with van der Waals surface area (Å²) in [6.45, 7) is 0. The molecule has 0 atom stereocenters. The van der Waals surface area contributed by atoms with Crippen LogP contribution in [0.25, 0.3) is 10.8 Å². The van der Waals surface area contributed by atoms with Crippen LogP contribution in [0.5, 0.6) is 5.88 Å². The Labute approximate surface area is 103 Å². The Kier molecular flexibility index (Phi) is 2.97. The first-order valence-electron chi connectivity index (χ1n) is 4.70. The Morgan fingerprint density at radius 3 is 2.32 bits per heavy atom. The van der Waals surface area contributed by atoms with E-state index >= 15 is 0 Å². The second-order valence-electron chi connectivity index (χ2n) is 3.39. The topological polar surface area (TPSA) is 89.1 Å². The molecule has 2 rings (SSSR count). The van der Waals surface area contributed by atoms with Crippen molar-refractivity contribution in [2.75, 3.05) is 0 Å². The smallest absolute Gasteiger partial charge is 0.353 e. The van der Waals surface area contributed by atoms with Gasteiger partial charge in [0.25, 0.3) is 11.4 Å². The SMILES string of the molecule is O=c1[nH]nc(OS(=O)(=O)C(F)(F)F)c2ccccc12. The maximum atomic E-state index is 12.2. The van der Waals surface area contributed by atoms with Gasteiger partial charge in [0.15, 0.2) is 0 Å². The Balaban J connectivity index is 2.61. The molecule has 1 heterocycles. The molecule has 0 radical (unpaired) electrons. The van der Waals surface area contributed by atoms with Crippen LogP contribution in [0.15, 0.2) is 29.1 Å². The second-order valence-corrected chi connectivity index (χ2v) is 4.92. The molecule has 0 aliphatic carbocycles. The van der Waals surface area contributed by atoms with Gasteiger partial charge < -0.3 is 4.18 Å². The van der Waals surface area contributed by atoms with Crippen LogP contribution in [0, 0.1) is 0 Å². The van der Waals surface area contributed by atoms with Crippen LogP contribution in [-0.4, -0.2) is 24.1 Å². The van der Waals surface area contributed by atoms with Crippen LogP contribution >= 0.6 is 0 Å². The minimum atomic E-state index is -5.84. The lowest BCUT2D eigenvalue weighted by Gasteiger charge is -2.09. The monoisotopic (exact) mass is 294 g/mol. The first kappa shape index (κ1) is 13.3. The van der Waals surface area contributed by atoms with Crippen molar-refractivity contribution in [1.82, 2.24) is 10.2 Å². The van der Waals surface area contributed by atoms with Crippen molar-refractivity contribution in [1.29, 1.82) is 0 Å². The number of nitrogens with zero attached hydrogens (tertiary/aromatic N) is 1. The van der Waals surface area contributed by atoms with Crippen LogP contribution in [0.4, 0.5) is 13.2 Å². The van der Waals surface area contributed by atoms with Crippen LogP contribution in [0.3, 0.4) is 0 Å². The van der Waals surface area contributed by atoms with Crippen LogP contribution < -0.4 is 9.74 Å². The summed E-state index contributed by atoms with van der Waals surface area (Å²) in [7, 11) is -5.84. The van der Waals surface area contributed by atoms with E-state index < -0.39 is 27.1 Å². The Morgan fingerprint density at radius 1 is 1.16 bits per heavy atom. The second kappa shape index (κ2) is 4.23. The van der Waals surface area contributed by atoms with Crippen molar-refractivity contribution < 1.29 is 25.8 Å². The molecular formula is C9H5F3N2O4S. The van der Waals surface area contributed by atoms with E-state index in [1.807, 2.05) is 5.10 Å². The Hall–Kier alpha value is -2.10. The van der Waals surface area contributed by atoms with Gasteiger partial charge in [-0.2, -0.15) is 21.6 Å². The molecule has 6 nitrogen and oxygen atoms in total. The number of aromatic amines is 1. The maximum absolute atomic E-state index is 12.2. The molecule has 0 aliphatic heterocycles. The number of hydrogen-bond acceptors (Lipinski definition) is 5. The zero-order valence-electron chi connectivity index (χ0n) is 8.93. The predicted molar refractivity (Wildman–Crippen MR) is 58.0 cm³/mol. The average molecular weight is 294 g/mol. The normalized spacial score (nSPS) is 12.6. The third-order valence-corrected chi connectivity index (χ3v) is 3.08. The van der Waals surface area contributed by atoms with Crippen LogP contribution in [0.2, 0.25) is 0 Å². The van der Waals surface area contributed by atoms with Crippen molar-refractivity contribution >= 4 is 20.9 Å². The van der Waals surface area contributed by atoms with E-state index in [2.05, 4.69) is 9.28 Å². The van der Waals surface area contributed by atoms with E-state index in [0.717, 1.165) is 0 Å². The van der Waals surface area contributed by atoms with E-state index in [1.165, 1.54) is 24.3 Å². The summed E-state index contributed by atoms with van der Waals surface area (Å²) in [5, 5.41) is 4.84. The average Bonchev–Trinajstić information content (AvgIpc) is 2.32. The lowest BCUT2D eigenvalue weighted by molar-refractivity contribution is -0.0501. The molecule has 1 aromatic heterocycles. The first-order chi connectivity index (χ1) is 8.72. The standard InChI is InChI=1S/C9H5F3N2O4S/c10-9(11,12)19(16,17)18-8-6-4-2-1-3-5(6)7(15)13-14-8/h1-4H,(H,13,15). The molecule has 0 saturated carbocycles. The van der Waals surface area contributed by atoms with Gasteiger partial charge in [-0.25, -0.2) is 5.10 Å². The predicted octanol–water partition coefficient (Wildman–Crippen LogP) is 1.15. The van der Waals surface area contributed by atoms with Crippen molar-refractivity contribution in [2.45, 2.75) is 5.51 Å². The minimum Gasteiger partial charge on any atom is -0.353 e. The lowest BCUT2D eigenvalue weighted by Crippen LogP contribution is -2.29. The highest BCUT2D eigenvalue weighted by molar-refractivity contribution is 7.88. The molecule has 0 bridgehead atoms. The number of hydrogen-bond donors (Lipinski definition) is 1. The fraction of sp³-hybridized carbons (Fsp3) is 0.111. The van der Waals surface area contributed by atoms with Crippen molar-refractivity contribution in [2.24, 2.45) is 0 Å². The summed E-state index contributed by atoms with van der Waals surface area (Å²) < 4.78 is 62.2. The van der Waals surface area contributed by atoms with Crippen LogP contribution in [-0.2, 0) is 10.1 Å². The molecule has 19 heavy (non-hydrogen) atoms. The third-order valence-electron chi connectivity index (χ3n) is 2.13. The lowest BCUT2D eigenvalue weighted by atomic mass is 10.2. The van der Waals surface area contributed by atoms with Gasteiger partial charge in [0.1, 0.15) is 0 Å². The highest BCUT2D eigenvalue weighted by Crippen LogP contribution is 2.28. The largest absolute Gasteiger partial charge is 0.534 e. The molecule has 0 unspecified atom stereocenters. The number of fused-ring (bicyclic) bond motifs is 1. The van der Waals surface area contributed by atoms with Gasteiger partial charge in [-0.3, -0.25) is 4.79 Å². The van der Waals surface area contributed by atoms with Gasteiger partial charge >= 0.3 is 15.6 Å². The number of H-pyrrole nitrogens is 1. The van der Waals surface area contributed by atoms with Crippen LogP contribution in [0.1, 0.15) is 0 Å². The van der Waals surface area contributed by atoms with Crippen molar-refractivity contribution in [3.05, 3.63) is 34.6 Å². The van der Waals surface area contributed by atoms with Crippen molar-refractivity contribution in [3.63, 3.8) is 0 Å². The molecule has 2 aromatic rings. The van der Waals surface area contributed by atoms with Gasteiger partial charge in [-0.1, -0.05) is 12.1 Å². The van der Waals surface area contributed by atoms with Gasteiger partial charge in [0.2, 0.25) is 0 Å². The molecule has 1 N–H and O–H groups in total. The number of alkyl halides is 3. The number of benzene rings is 1. The number of aromatic nitrogens is 2. The highest BCUT2D eigenvalue weighted by atomic mass is 32.2. The number of halogens is 3. The molecule has 0 amide bonds. The number of nitrogens with one attached hydrogen (secondary N) is 1. The van der Waals surface area contributed by atoms with Gasteiger partial charge in [0.05, 0.1) is 10.8 Å². The highest BCUT2D eigenvalue weighted by Gasteiger charge is 2.49. The van der Waals surface area contributed by atoms with Gasteiger partial charge in [-0.15, -0.1) is 5.10 Å². The Morgan fingerprint density at radius 2 is 1.74 bits per heavy atom. The summed E-state index contributed by atoms with van der Waals surface area (Å²) >= 11 is 0. The molecule has 0 fully saturated rings. The van der Waals surface area contributed by atoms with E-state index in [4.69, 9.17) is 0 Å². The molecule has 0 aliphatic rings. The summed E-state index contributed by atoms with van der Waals surface area (Å²) in [5.74, 6) is -0.840. The van der Waals surface area contributed by atoms with E-state index in [1.54, 1.807) is 0 Å². The summed E-state index contributed by atoms with van der Waals surface area (Å²) in [6, 6.07) is 5.37. The molecule has 0 spiro atoms. The van der Waals surface area contributed by atoms with Gasteiger partial charge in [0, 0.05) is 0 Å². The molecule has 1 aromatic carbocycles. The zero-order valence-corrected chi connectivity index (χ0v) is 9.75. The molecule has 0 saturated heterocycles. The zero-order chi connectivity index (χ0) is 14.3. The van der Waals surface area contributed by atoms with E-state index in [-0.39, 0.29) is 10.8 Å². The quantitative estimate of drug-likeness (QED) is 0.663. The van der Waals surface area contributed by atoms with E-state index in [9.17, 15) is 26.4 Å². The van der Waals surface area contributed by atoms with E-state index in [0.29, 0.717) is 0 Å². The fourth-order valence-corrected chi connectivity index (χ4v) is 1.73. The minimum absolute atomic E-state index is 0.0372. The fourth-order valence-electron chi connectivity index (χ4n) is 1.30. The summed E-state index contributed by atoms with van der Waals surface area (Å²) in [6.07, 6.45) is 0.